The summed E-state index contributed by atoms with van der Waals surface area (Å²) in [5, 5.41) is 2.96. The van der Waals surface area contributed by atoms with Gasteiger partial charge in [-0.1, -0.05) is 151 Å². The predicted octanol–water partition coefficient (Wildman–Crippen LogP) is 13.5. The molecule has 2 aliphatic carbocycles. The maximum absolute atomic E-state index is 5.11. The zero-order valence-electron chi connectivity index (χ0n) is 28.4. The lowest BCUT2D eigenvalue weighted by Gasteiger charge is -2.27. The fraction of sp³-hybridized carbons (Fsp3) is 0.395. The highest BCUT2D eigenvalue weighted by Gasteiger charge is 2.57. The van der Waals surface area contributed by atoms with Crippen LogP contribution in [0.4, 0.5) is 0 Å². The van der Waals surface area contributed by atoms with Crippen molar-refractivity contribution in [3.8, 4) is 0 Å². The molecule has 0 bridgehead atoms. The van der Waals surface area contributed by atoms with Crippen molar-refractivity contribution >= 4 is 42.1 Å². The van der Waals surface area contributed by atoms with Crippen molar-refractivity contribution < 1.29 is 0 Å². The number of allylic oxidation sites excluding steroid dienone is 13. The quantitative estimate of drug-likeness (QED) is 0.0779. The summed E-state index contributed by atoms with van der Waals surface area (Å²) in [6.07, 6.45) is 38.7. The van der Waals surface area contributed by atoms with Crippen molar-refractivity contribution in [2.75, 3.05) is 0 Å². The number of thiol groups is 2. The summed E-state index contributed by atoms with van der Waals surface area (Å²) in [5.41, 5.74) is 6.31. The van der Waals surface area contributed by atoms with Crippen LogP contribution in [0.25, 0.3) is 16.8 Å². The summed E-state index contributed by atoms with van der Waals surface area (Å²) in [7, 11) is 0. The van der Waals surface area contributed by atoms with Gasteiger partial charge in [-0.25, -0.2) is 0 Å². The molecule has 2 heteroatoms. The Kier molecular flexibility index (Phi) is 15.6. The van der Waals surface area contributed by atoms with E-state index >= 15 is 0 Å². The summed E-state index contributed by atoms with van der Waals surface area (Å²) < 4.78 is 0. The van der Waals surface area contributed by atoms with E-state index in [0.717, 1.165) is 29.1 Å². The van der Waals surface area contributed by atoms with Gasteiger partial charge < -0.3 is 0 Å². The van der Waals surface area contributed by atoms with E-state index in [0.29, 0.717) is 5.92 Å². The smallest absolute Gasteiger partial charge is 0.0268 e. The number of rotatable bonds is 16. The lowest BCUT2D eigenvalue weighted by Crippen LogP contribution is -2.11. The van der Waals surface area contributed by atoms with Gasteiger partial charge in [0.2, 0.25) is 0 Å². The van der Waals surface area contributed by atoms with Crippen molar-refractivity contribution in [1.29, 1.82) is 0 Å². The molecule has 2 aliphatic rings. The molecule has 3 atom stereocenters. The van der Waals surface area contributed by atoms with Gasteiger partial charge in [-0.15, -0.1) is 25.3 Å². The molecular weight excluding hydrogens is 581 g/mol. The Hall–Kier alpha value is -2.68. The number of unbranched alkanes of at least 4 members (excludes halogenated alkanes) is 4. The third-order valence-electron chi connectivity index (χ3n) is 8.96. The van der Waals surface area contributed by atoms with Crippen LogP contribution in [0.1, 0.15) is 108 Å². The second kappa shape index (κ2) is 19.1. The maximum atomic E-state index is 5.11. The molecule has 0 saturated heterocycles. The van der Waals surface area contributed by atoms with Crippen molar-refractivity contribution in [2.45, 2.75) is 98.3 Å². The fourth-order valence-corrected chi connectivity index (χ4v) is 7.21. The third-order valence-corrected chi connectivity index (χ3v) is 9.82. The molecule has 0 spiro atoms. The minimum absolute atomic E-state index is 0.0146. The van der Waals surface area contributed by atoms with Gasteiger partial charge in [-0.2, -0.15) is 0 Å². The second-order valence-electron chi connectivity index (χ2n) is 12.0. The molecule has 240 valence electrons. The summed E-state index contributed by atoms with van der Waals surface area (Å²) in [6.45, 7) is 14.4. The highest BCUT2D eigenvalue weighted by Crippen LogP contribution is 2.69. The first kappa shape index (κ1) is 36.8. The molecule has 45 heavy (non-hydrogen) atoms. The van der Waals surface area contributed by atoms with Gasteiger partial charge in [0.15, 0.2) is 0 Å². The van der Waals surface area contributed by atoms with Gasteiger partial charge in [0.05, 0.1) is 0 Å². The number of hydrogen-bond acceptors (Lipinski definition) is 2. The van der Waals surface area contributed by atoms with Gasteiger partial charge in [0.1, 0.15) is 0 Å². The average molecular weight is 637 g/mol. The lowest BCUT2D eigenvalue weighted by atomic mass is 9.78. The lowest BCUT2D eigenvalue weighted by molar-refractivity contribution is 0.704. The monoisotopic (exact) mass is 636 g/mol. The molecule has 0 nitrogen and oxygen atoms in total. The molecule has 3 unspecified atom stereocenters. The van der Waals surface area contributed by atoms with E-state index in [1.54, 1.807) is 22.8 Å². The SMILES string of the molecule is C=CC=CC(/C=C\C)/C=C/C=C(S)/C=C/C=C(\S)C12C=Cc3c(c(CCCCC)c4ccccc4c3CCCCC)C1C2.CC. The second-order valence-corrected chi connectivity index (χ2v) is 13.0. The molecule has 2 aromatic rings. The molecule has 0 aliphatic heterocycles. The van der Waals surface area contributed by atoms with Crippen LogP contribution in [0.2, 0.25) is 0 Å². The van der Waals surface area contributed by atoms with Gasteiger partial charge in [-0.05, 0) is 95.0 Å². The van der Waals surface area contributed by atoms with Gasteiger partial charge in [0.25, 0.3) is 0 Å². The predicted molar refractivity (Wildman–Crippen MR) is 211 cm³/mol. The molecular formula is C43H56S2. The van der Waals surface area contributed by atoms with E-state index in [-0.39, 0.29) is 11.3 Å². The van der Waals surface area contributed by atoms with Crippen LogP contribution in [-0.2, 0) is 12.8 Å². The minimum atomic E-state index is 0.0146. The van der Waals surface area contributed by atoms with Gasteiger partial charge in [0, 0.05) is 16.2 Å². The molecule has 1 saturated carbocycles. The summed E-state index contributed by atoms with van der Waals surface area (Å²) in [4.78, 5) is 2.06. The maximum Gasteiger partial charge on any atom is 0.0268 e. The average Bonchev–Trinajstić information content (AvgIpc) is 3.82. The number of hydrogen-bond donors (Lipinski definition) is 2. The largest absolute Gasteiger partial charge is 0.147 e. The zero-order chi connectivity index (χ0) is 32.7. The molecule has 0 amide bonds. The Morgan fingerprint density at radius 1 is 0.889 bits per heavy atom. The van der Waals surface area contributed by atoms with Gasteiger partial charge >= 0.3 is 0 Å². The molecule has 0 heterocycles. The topological polar surface area (TPSA) is 0 Å². The first-order valence-corrected chi connectivity index (χ1v) is 18.2. The summed E-state index contributed by atoms with van der Waals surface area (Å²) in [5.74, 6) is 0.758. The van der Waals surface area contributed by atoms with Crippen molar-refractivity contribution in [1.82, 2.24) is 0 Å². The Morgan fingerprint density at radius 2 is 1.53 bits per heavy atom. The van der Waals surface area contributed by atoms with E-state index in [1.165, 1.54) is 54.9 Å². The van der Waals surface area contributed by atoms with Crippen molar-refractivity contribution in [2.24, 2.45) is 11.3 Å². The van der Waals surface area contributed by atoms with E-state index in [1.807, 2.05) is 32.9 Å². The van der Waals surface area contributed by atoms with Crippen LogP contribution in [0, 0.1) is 11.3 Å². The Balaban J connectivity index is 0.00000271. The van der Waals surface area contributed by atoms with E-state index < -0.39 is 0 Å². The number of aryl methyl sites for hydroxylation is 2. The number of fused-ring (bicyclic) bond motifs is 4. The standard InChI is InChI=1S/C41H50S2.C2H6/c1-5-9-12-23-35-33-24-14-15-25-34(33)36(26-13-10-6-2)40-37(35)28-29-41(30-38(40)41)39(43)27-17-22-32(42)21-16-20-31(18-8-4)19-11-7-3;1-2/h7-8,11,14-22,24-25,27-29,31,38,42-43H,3,5-6,9-10,12-13,23,26,30H2,1-2,4H3;1-2H3/b18-8-,19-11?,20-16+,22-17+,32-21-,39-27-;. The van der Waals surface area contributed by atoms with E-state index in [4.69, 9.17) is 25.3 Å². The van der Waals surface area contributed by atoms with Crippen molar-refractivity contribution in [3.63, 3.8) is 0 Å². The first-order valence-electron chi connectivity index (χ1n) is 17.3. The Morgan fingerprint density at radius 3 is 2.18 bits per heavy atom. The zero-order valence-corrected chi connectivity index (χ0v) is 30.2. The molecule has 2 aromatic carbocycles. The van der Waals surface area contributed by atoms with Crippen LogP contribution < -0.4 is 0 Å². The van der Waals surface area contributed by atoms with E-state index in [9.17, 15) is 0 Å². The molecule has 4 rings (SSSR count). The molecule has 0 N–H and O–H groups in total. The third kappa shape index (κ3) is 9.43. The number of benzene rings is 2. The van der Waals surface area contributed by atoms with E-state index in [2.05, 4.69) is 105 Å². The van der Waals surface area contributed by atoms with Crippen LogP contribution >= 0.6 is 25.3 Å². The minimum Gasteiger partial charge on any atom is -0.147 e. The fourth-order valence-electron chi connectivity index (χ4n) is 6.63. The van der Waals surface area contributed by atoms with Crippen LogP contribution in [0.3, 0.4) is 0 Å². The van der Waals surface area contributed by atoms with Gasteiger partial charge in [-0.3, -0.25) is 0 Å². The summed E-state index contributed by atoms with van der Waals surface area (Å²) in [6, 6.07) is 9.21. The van der Waals surface area contributed by atoms with Crippen LogP contribution in [-0.4, -0.2) is 0 Å². The molecule has 1 fully saturated rings. The highest BCUT2D eigenvalue weighted by atomic mass is 32.1. The Labute approximate surface area is 286 Å². The molecule has 0 aromatic heterocycles. The normalized spacial score (nSPS) is 20.2. The molecule has 0 radical (unpaired) electrons. The van der Waals surface area contributed by atoms with Crippen LogP contribution in [0.5, 0.6) is 0 Å². The van der Waals surface area contributed by atoms with Crippen molar-refractivity contribution in [3.05, 3.63) is 136 Å². The first-order chi connectivity index (χ1) is 22.0. The summed E-state index contributed by atoms with van der Waals surface area (Å²) >= 11 is 9.80. The Bertz CT molecular complexity index is 1470. The highest BCUT2D eigenvalue weighted by molar-refractivity contribution is 7.84. The van der Waals surface area contributed by atoms with Crippen LogP contribution in [0.15, 0.2) is 114 Å².